The van der Waals surface area contributed by atoms with Crippen molar-refractivity contribution in [2.45, 2.75) is 31.5 Å². The molecule has 1 saturated heterocycles. The number of thiazole rings is 1. The molecule has 0 amide bonds. The van der Waals surface area contributed by atoms with Gasteiger partial charge < -0.3 is 19.1 Å². The molecule has 0 saturated carbocycles. The number of carbonyl (C=O) groups is 2. The van der Waals surface area contributed by atoms with Crippen LogP contribution >= 0.6 is 11.3 Å². The van der Waals surface area contributed by atoms with Crippen molar-refractivity contribution in [3.8, 4) is 17.3 Å². The molecule has 0 radical (unpaired) electrons. The maximum atomic E-state index is 15.8. The van der Waals surface area contributed by atoms with E-state index in [-0.39, 0.29) is 17.7 Å². The molecule has 0 aliphatic carbocycles. The maximum Gasteiger partial charge on any atom is 0.512 e. The molecule has 1 aliphatic rings. The van der Waals surface area contributed by atoms with E-state index in [4.69, 9.17) is 19.2 Å². The summed E-state index contributed by atoms with van der Waals surface area (Å²) in [4.78, 5) is 39.7. The van der Waals surface area contributed by atoms with Gasteiger partial charge in [-0.1, -0.05) is 31.2 Å². The zero-order valence-corrected chi connectivity index (χ0v) is 29.3. The minimum Gasteiger partial charge on any atom is -0.424 e. The Balaban J connectivity index is 1.22. The van der Waals surface area contributed by atoms with Crippen LogP contribution in [0.3, 0.4) is 0 Å². The fraction of sp³-hybridized carbons (Fsp3) is 0.297. The van der Waals surface area contributed by atoms with Crippen LogP contribution in [-0.4, -0.2) is 81.7 Å². The van der Waals surface area contributed by atoms with Crippen molar-refractivity contribution in [1.29, 1.82) is 5.26 Å². The van der Waals surface area contributed by atoms with E-state index in [1.807, 2.05) is 6.07 Å². The van der Waals surface area contributed by atoms with Crippen LogP contribution < -0.4 is 0 Å². The van der Waals surface area contributed by atoms with Crippen LogP contribution in [0.4, 0.5) is 13.6 Å². The summed E-state index contributed by atoms with van der Waals surface area (Å²) in [5.74, 6) is -3.39. The van der Waals surface area contributed by atoms with Gasteiger partial charge in [0.25, 0.3) is 0 Å². The molecule has 0 bridgehead atoms. The lowest BCUT2D eigenvalue weighted by Crippen LogP contribution is -2.43. The summed E-state index contributed by atoms with van der Waals surface area (Å²) in [5, 5.41) is 15.6. The third-order valence-corrected chi connectivity index (χ3v) is 9.98. The quantitative estimate of drug-likeness (QED) is 0.111. The molecular formula is C37H35F2N7O5S. The standard InChI is InChI=1S/C37H35F2N7O5S/c1-25(34-43-33(20-52-34)28-8-6-26(18-40)7-9-28)37(21-46-23-41-22-42-46,31-11-10-30(38)17-32(31)39)51-36(48)50-24-49-35(47)29-5-3-4-27(16-29)19-45-14-12-44(2)13-15-45/h3-11,16-17,20,22-23,25H,12-15,19,21,24H2,1-2H3/t25-,37+/m0/s1. The molecule has 0 spiro atoms. The third kappa shape index (κ3) is 8.48. The van der Waals surface area contributed by atoms with E-state index in [0.717, 1.165) is 43.4 Å². The molecule has 52 heavy (non-hydrogen) atoms. The molecular weight excluding hydrogens is 693 g/mol. The summed E-state index contributed by atoms with van der Waals surface area (Å²) < 4.78 is 47.8. The minimum absolute atomic E-state index is 0.168. The lowest BCUT2D eigenvalue weighted by molar-refractivity contribution is -0.0881. The normalized spacial score (nSPS) is 15.3. The van der Waals surface area contributed by atoms with Gasteiger partial charge in [-0.3, -0.25) is 4.90 Å². The monoisotopic (exact) mass is 727 g/mol. The van der Waals surface area contributed by atoms with Gasteiger partial charge in [0.1, 0.15) is 29.3 Å². The van der Waals surface area contributed by atoms with Gasteiger partial charge in [0.15, 0.2) is 5.60 Å². The SMILES string of the molecule is C[C@@H](c1nc(-c2ccc(C#N)cc2)cs1)[C@@](Cn1cncn1)(OC(=O)OCOC(=O)c1cccc(CN2CCN(C)CC2)c1)c1ccc(F)cc1F. The predicted octanol–water partition coefficient (Wildman–Crippen LogP) is 5.97. The van der Waals surface area contributed by atoms with Crippen molar-refractivity contribution in [3.63, 3.8) is 0 Å². The largest absolute Gasteiger partial charge is 0.512 e. The number of likely N-dealkylation sites (N-methyl/N-ethyl adjacent to an activating group) is 1. The Morgan fingerprint density at radius 2 is 1.83 bits per heavy atom. The summed E-state index contributed by atoms with van der Waals surface area (Å²) in [6.45, 7) is 5.07. The highest BCUT2D eigenvalue weighted by Gasteiger charge is 2.47. The zero-order chi connectivity index (χ0) is 36.7. The molecule has 5 aromatic rings. The molecule has 1 aliphatic heterocycles. The van der Waals surface area contributed by atoms with Crippen molar-refractivity contribution in [2.24, 2.45) is 0 Å². The smallest absolute Gasteiger partial charge is 0.424 e. The summed E-state index contributed by atoms with van der Waals surface area (Å²) in [6, 6.07) is 18.9. The summed E-state index contributed by atoms with van der Waals surface area (Å²) in [6.07, 6.45) is 1.35. The van der Waals surface area contributed by atoms with E-state index in [2.05, 4.69) is 33.0 Å². The highest BCUT2D eigenvalue weighted by atomic mass is 32.1. The van der Waals surface area contributed by atoms with Crippen LogP contribution in [0, 0.1) is 23.0 Å². The first-order valence-electron chi connectivity index (χ1n) is 16.4. The number of hydrogen-bond acceptors (Lipinski definition) is 12. The number of halogens is 2. The van der Waals surface area contributed by atoms with Gasteiger partial charge in [0.05, 0.1) is 35.4 Å². The van der Waals surface area contributed by atoms with Crippen molar-refractivity contribution in [1.82, 2.24) is 29.5 Å². The van der Waals surface area contributed by atoms with Crippen molar-refractivity contribution in [3.05, 3.63) is 124 Å². The van der Waals surface area contributed by atoms with Crippen LogP contribution in [-0.2, 0) is 32.9 Å². The van der Waals surface area contributed by atoms with Crippen LogP contribution in [0.25, 0.3) is 11.3 Å². The predicted molar refractivity (Wildman–Crippen MR) is 186 cm³/mol. The summed E-state index contributed by atoms with van der Waals surface area (Å²) in [7, 11) is 2.08. The molecule has 3 heterocycles. The fourth-order valence-electron chi connectivity index (χ4n) is 6.01. The topological polar surface area (TPSA) is 136 Å². The fourth-order valence-corrected chi connectivity index (χ4v) is 6.97. The molecule has 2 aromatic heterocycles. The Morgan fingerprint density at radius 1 is 1.04 bits per heavy atom. The van der Waals surface area contributed by atoms with E-state index in [1.54, 1.807) is 54.8 Å². The number of piperazine rings is 1. The number of benzene rings is 3. The van der Waals surface area contributed by atoms with E-state index in [1.165, 1.54) is 34.7 Å². The summed E-state index contributed by atoms with van der Waals surface area (Å²) >= 11 is 1.24. The highest BCUT2D eigenvalue weighted by Crippen LogP contribution is 2.45. The first-order chi connectivity index (χ1) is 25.1. The van der Waals surface area contributed by atoms with Gasteiger partial charge in [-0.05, 0) is 49.0 Å². The number of nitriles is 1. The maximum absolute atomic E-state index is 15.8. The molecule has 2 atom stereocenters. The lowest BCUT2D eigenvalue weighted by atomic mass is 9.81. The second kappa shape index (κ2) is 16.2. The first-order valence-corrected chi connectivity index (χ1v) is 17.3. The van der Waals surface area contributed by atoms with Crippen molar-refractivity contribution in [2.75, 3.05) is 40.0 Å². The number of rotatable bonds is 12. The van der Waals surface area contributed by atoms with Gasteiger partial charge in [0, 0.05) is 55.3 Å². The van der Waals surface area contributed by atoms with Gasteiger partial charge in [-0.15, -0.1) is 11.3 Å². The number of carbonyl (C=O) groups excluding carboxylic acids is 2. The number of esters is 1. The van der Waals surface area contributed by atoms with E-state index in [9.17, 15) is 19.2 Å². The molecule has 6 rings (SSSR count). The molecule has 12 nitrogen and oxygen atoms in total. The highest BCUT2D eigenvalue weighted by molar-refractivity contribution is 7.10. The van der Waals surface area contributed by atoms with Crippen molar-refractivity contribution >= 4 is 23.5 Å². The molecule has 0 unspecified atom stereocenters. The zero-order valence-electron chi connectivity index (χ0n) is 28.4. The molecule has 3 aromatic carbocycles. The van der Waals surface area contributed by atoms with Crippen molar-refractivity contribution < 1.29 is 32.6 Å². The van der Waals surface area contributed by atoms with Crippen LogP contribution in [0.15, 0.2) is 84.8 Å². The Morgan fingerprint density at radius 3 is 2.54 bits per heavy atom. The Labute approximate surface area is 302 Å². The Bertz CT molecular complexity index is 2050. The van der Waals surface area contributed by atoms with Gasteiger partial charge in [-0.25, -0.2) is 33.0 Å². The average molecular weight is 728 g/mol. The second-order valence-electron chi connectivity index (χ2n) is 12.4. The van der Waals surface area contributed by atoms with E-state index in [0.29, 0.717) is 28.9 Å². The average Bonchev–Trinajstić information content (AvgIpc) is 3.85. The van der Waals surface area contributed by atoms with Gasteiger partial charge >= 0.3 is 12.1 Å². The van der Waals surface area contributed by atoms with E-state index < -0.39 is 42.1 Å². The number of ether oxygens (including phenoxy) is 3. The molecule has 0 N–H and O–H groups in total. The van der Waals surface area contributed by atoms with Crippen LogP contribution in [0.1, 0.15) is 44.9 Å². The van der Waals surface area contributed by atoms with Gasteiger partial charge in [0.2, 0.25) is 6.79 Å². The first kappa shape index (κ1) is 36.2. The Hall–Kier alpha value is -5.56. The summed E-state index contributed by atoms with van der Waals surface area (Å²) in [5.41, 5.74) is 0.939. The number of nitrogens with zero attached hydrogens (tertiary/aromatic N) is 7. The van der Waals surface area contributed by atoms with E-state index >= 15 is 4.39 Å². The molecule has 15 heteroatoms. The lowest BCUT2D eigenvalue weighted by Gasteiger charge is -2.37. The van der Waals surface area contributed by atoms with Crippen LogP contribution in [0.2, 0.25) is 0 Å². The third-order valence-electron chi connectivity index (χ3n) is 8.95. The van der Waals surface area contributed by atoms with Crippen LogP contribution in [0.5, 0.6) is 0 Å². The molecule has 1 fully saturated rings. The van der Waals surface area contributed by atoms with Gasteiger partial charge in [-0.2, -0.15) is 10.4 Å². The number of aromatic nitrogens is 4. The Kier molecular flexibility index (Phi) is 11.3. The second-order valence-corrected chi connectivity index (χ2v) is 13.3. The number of hydrogen-bond donors (Lipinski definition) is 0. The molecule has 268 valence electrons. The minimum atomic E-state index is -1.91.